The number of aryl methyl sites for hydroxylation is 2. The zero-order valence-corrected chi connectivity index (χ0v) is 12.3. The van der Waals surface area contributed by atoms with Crippen molar-refractivity contribution in [1.29, 1.82) is 0 Å². The first-order valence-electron chi connectivity index (χ1n) is 7.60. The van der Waals surface area contributed by atoms with E-state index in [4.69, 9.17) is 5.73 Å². The van der Waals surface area contributed by atoms with Crippen LogP contribution in [0, 0.1) is 6.92 Å². The van der Waals surface area contributed by atoms with Gasteiger partial charge in [0.25, 0.3) is 0 Å². The third kappa shape index (κ3) is 1.92. The molecule has 21 heavy (non-hydrogen) atoms. The lowest BCUT2D eigenvalue weighted by Gasteiger charge is -2.20. The summed E-state index contributed by atoms with van der Waals surface area (Å²) in [6.45, 7) is 2.07. The van der Waals surface area contributed by atoms with Gasteiger partial charge in [0.2, 0.25) is 0 Å². The smallest absolute Gasteiger partial charge is 0.111 e. The molecule has 0 fully saturated rings. The van der Waals surface area contributed by atoms with Crippen molar-refractivity contribution in [2.75, 3.05) is 5.73 Å². The van der Waals surface area contributed by atoms with Crippen molar-refractivity contribution in [3.05, 3.63) is 53.3 Å². The zero-order valence-electron chi connectivity index (χ0n) is 12.3. The van der Waals surface area contributed by atoms with Crippen molar-refractivity contribution in [2.24, 2.45) is 0 Å². The summed E-state index contributed by atoms with van der Waals surface area (Å²) in [6.07, 6.45) is 4.95. The predicted molar refractivity (Wildman–Crippen MR) is 86.9 cm³/mol. The normalized spacial score (nSPS) is 14.3. The average molecular weight is 277 g/mol. The van der Waals surface area contributed by atoms with E-state index in [0.717, 1.165) is 22.5 Å². The number of hydrogen-bond acceptors (Lipinski definition) is 2. The Labute approximate surface area is 124 Å². The maximum atomic E-state index is 5.88. The van der Waals surface area contributed by atoms with Crippen molar-refractivity contribution in [1.82, 2.24) is 9.55 Å². The summed E-state index contributed by atoms with van der Waals surface area (Å²) in [6, 6.07) is 12.6. The van der Waals surface area contributed by atoms with Crippen LogP contribution in [0.4, 0.5) is 5.69 Å². The van der Waals surface area contributed by atoms with E-state index in [-0.39, 0.29) is 0 Å². The first kappa shape index (κ1) is 12.5. The summed E-state index contributed by atoms with van der Waals surface area (Å²) in [7, 11) is 0. The van der Waals surface area contributed by atoms with Gasteiger partial charge in [-0.3, -0.25) is 4.57 Å². The molecule has 0 unspecified atom stereocenters. The molecule has 0 aliphatic heterocycles. The van der Waals surface area contributed by atoms with Crippen molar-refractivity contribution in [3.63, 3.8) is 0 Å². The molecule has 4 rings (SSSR count). The van der Waals surface area contributed by atoms with Crippen molar-refractivity contribution < 1.29 is 0 Å². The SMILES string of the molecule is Cc1nc2cc(N)ccc2n1-c1cccc2c1CCCC2. The number of hydrogen-bond donors (Lipinski definition) is 1. The van der Waals surface area contributed by atoms with Gasteiger partial charge in [0.1, 0.15) is 5.82 Å². The summed E-state index contributed by atoms with van der Waals surface area (Å²) in [5.74, 6) is 1.02. The second-order valence-corrected chi connectivity index (χ2v) is 5.86. The van der Waals surface area contributed by atoms with Gasteiger partial charge < -0.3 is 5.73 Å². The van der Waals surface area contributed by atoms with E-state index in [1.165, 1.54) is 42.5 Å². The number of imidazole rings is 1. The molecule has 0 amide bonds. The van der Waals surface area contributed by atoms with Gasteiger partial charge in [0.05, 0.1) is 16.7 Å². The van der Waals surface area contributed by atoms with E-state index in [0.29, 0.717) is 0 Å². The molecular weight excluding hydrogens is 258 g/mol. The van der Waals surface area contributed by atoms with Crippen LogP contribution in [0.5, 0.6) is 0 Å². The highest BCUT2D eigenvalue weighted by atomic mass is 15.1. The Morgan fingerprint density at radius 1 is 1.10 bits per heavy atom. The highest BCUT2D eigenvalue weighted by Crippen LogP contribution is 2.30. The Kier molecular flexibility index (Phi) is 2.74. The van der Waals surface area contributed by atoms with E-state index < -0.39 is 0 Å². The van der Waals surface area contributed by atoms with Crippen LogP contribution in [-0.2, 0) is 12.8 Å². The van der Waals surface area contributed by atoms with E-state index in [1.807, 2.05) is 12.1 Å². The molecular formula is C18H19N3. The standard InChI is InChI=1S/C18H19N3/c1-12-20-16-11-14(19)9-10-18(16)21(12)17-8-4-6-13-5-2-3-7-15(13)17/h4,6,8-11H,2-3,5,7,19H2,1H3. The summed E-state index contributed by atoms with van der Waals surface area (Å²) >= 11 is 0. The predicted octanol–water partition coefficient (Wildman–Crippen LogP) is 3.79. The Bertz CT molecular complexity index is 830. The van der Waals surface area contributed by atoms with E-state index in [9.17, 15) is 0 Å². The highest BCUT2D eigenvalue weighted by molar-refractivity contribution is 5.82. The molecule has 0 spiro atoms. The van der Waals surface area contributed by atoms with Crippen molar-refractivity contribution in [2.45, 2.75) is 32.6 Å². The number of nitrogen functional groups attached to an aromatic ring is 1. The van der Waals surface area contributed by atoms with Gasteiger partial charge in [-0.15, -0.1) is 0 Å². The molecule has 0 radical (unpaired) electrons. The fourth-order valence-electron chi connectivity index (χ4n) is 3.49. The monoisotopic (exact) mass is 277 g/mol. The second kappa shape index (κ2) is 4.62. The summed E-state index contributed by atoms with van der Waals surface area (Å²) in [5.41, 5.74) is 13.0. The number of rotatable bonds is 1. The van der Waals surface area contributed by atoms with Gasteiger partial charge in [0, 0.05) is 5.69 Å². The molecule has 1 aromatic heterocycles. The Hall–Kier alpha value is -2.29. The topological polar surface area (TPSA) is 43.8 Å². The van der Waals surface area contributed by atoms with Crippen molar-refractivity contribution >= 4 is 16.7 Å². The lowest BCUT2D eigenvalue weighted by molar-refractivity contribution is 0.681. The van der Waals surface area contributed by atoms with Gasteiger partial charge in [-0.2, -0.15) is 0 Å². The summed E-state index contributed by atoms with van der Waals surface area (Å²) in [4.78, 5) is 4.68. The Morgan fingerprint density at radius 2 is 1.95 bits per heavy atom. The minimum absolute atomic E-state index is 0.766. The van der Waals surface area contributed by atoms with Crippen LogP contribution in [0.2, 0.25) is 0 Å². The summed E-state index contributed by atoms with van der Waals surface area (Å²) < 4.78 is 2.28. The van der Waals surface area contributed by atoms with Gasteiger partial charge >= 0.3 is 0 Å². The van der Waals surface area contributed by atoms with Crippen LogP contribution < -0.4 is 5.73 Å². The molecule has 2 aromatic carbocycles. The largest absolute Gasteiger partial charge is 0.399 e. The van der Waals surface area contributed by atoms with Gasteiger partial charge in [0.15, 0.2) is 0 Å². The highest BCUT2D eigenvalue weighted by Gasteiger charge is 2.17. The van der Waals surface area contributed by atoms with Crippen LogP contribution in [0.3, 0.4) is 0 Å². The summed E-state index contributed by atoms with van der Waals surface area (Å²) in [5, 5.41) is 0. The molecule has 0 saturated carbocycles. The Balaban J connectivity index is 2.01. The lowest BCUT2D eigenvalue weighted by Crippen LogP contribution is -2.09. The van der Waals surface area contributed by atoms with Gasteiger partial charge in [-0.25, -0.2) is 4.98 Å². The zero-order chi connectivity index (χ0) is 14.4. The number of fused-ring (bicyclic) bond motifs is 2. The quantitative estimate of drug-likeness (QED) is 0.688. The third-order valence-corrected chi connectivity index (χ3v) is 4.46. The van der Waals surface area contributed by atoms with Crippen LogP contribution in [0.15, 0.2) is 36.4 Å². The minimum Gasteiger partial charge on any atom is -0.399 e. The Morgan fingerprint density at radius 3 is 2.86 bits per heavy atom. The first-order valence-corrected chi connectivity index (χ1v) is 7.60. The number of nitrogens with two attached hydrogens (primary N) is 1. The molecule has 1 heterocycles. The molecule has 1 aliphatic rings. The lowest BCUT2D eigenvalue weighted by atomic mass is 9.90. The molecule has 2 N–H and O–H groups in total. The minimum atomic E-state index is 0.766. The number of benzene rings is 2. The molecule has 3 nitrogen and oxygen atoms in total. The maximum absolute atomic E-state index is 5.88. The van der Waals surface area contributed by atoms with Crippen LogP contribution in [0.1, 0.15) is 29.8 Å². The molecule has 106 valence electrons. The van der Waals surface area contributed by atoms with Gasteiger partial charge in [-0.05, 0) is 68.0 Å². The van der Waals surface area contributed by atoms with E-state index in [1.54, 1.807) is 0 Å². The van der Waals surface area contributed by atoms with Crippen molar-refractivity contribution in [3.8, 4) is 5.69 Å². The van der Waals surface area contributed by atoms with E-state index >= 15 is 0 Å². The van der Waals surface area contributed by atoms with Crippen LogP contribution in [0.25, 0.3) is 16.7 Å². The molecule has 3 heteroatoms. The van der Waals surface area contributed by atoms with Crippen LogP contribution >= 0.6 is 0 Å². The second-order valence-electron chi connectivity index (χ2n) is 5.86. The molecule has 0 saturated heterocycles. The fourth-order valence-corrected chi connectivity index (χ4v) is 3.49. The fraction of sp³-hybridized carbons (Fsp3) is 0.278. The van der Waals surface area contributed by atoms with Crippen LogP contribution in [-0.4, -0.2) is 9.55 Å². The average Bonchev–Trinajstić information content (AvgIpc) is 2.81. The first-order chi connectivity index (χ1) is 10.2. The molecule has 3 aromatic rings. The number of anilines is 1. The number of aromatic nitrogens is 2. The molecule has 1 aliphatic carbocycles. The maximum Gasteiger partial charge on any atom is 0.111 e. The number of nitrogens with zero attached hydrogens (tertiary/aromatic N) is 2. The molecule has 0 atom stereocenters. The van der Waals surface area contributed by atoms with E-state index in [2.05, 4.69) is 40.7 Å². The molecule has 0 bridgehead atoms. The third-order valence-electron chi connectivity index (χ3n) is 4.46. The van der Waals surface area contributed by atoms with Gasteiger partial charge in [-0.1, -0.05) is 12.1 Å².